The van der Waals surface area contributed by atoms with Crippen LogP contribution < -0.4 is 24.3 Å². The molecule has 2 aromatic carbocycles. The minimum atomic E-state index is -0.568. The number of nitrogens with one attached hydrogen (secondary N) is 1. The Labute approximate surface area is 217 Å². The summed E-state index contributed by atoms with van der Waals surface area (Å²) in [4.78, 5) is 37.9. The van der Waals surface area contributed by atoms with Crippen molar-refractivity contribution in [3.8, 4) is 34.1 Å². The predicted molar refractivity (Wildman–Crippen MR) is 137 cm³/mol. The zero-order chi connectivity index (χ0) is 26.7. The van der Waals surface area contributed by atoms with Crippen LogP contribution in [0.25, 0.3) is 11.1 Å². The molecule has 1 aliphatic heterocycles. The Balaban J connectivity index is 1.82. The van der Waals surface area contributed by atoms with Gasteiger partial charge < -0.3 is 24.3 Å². The number of benzene rings is 2. The summed E-state index contributed by atoms with van der Waals surface area (Å²) < 4.78 is 22.5. The number of quaternary nitrogens is 1. The third-order valence-electron chi connectivity index (χ3n) is 7.40. The van der Waals surface area contributed by atoms with Gasteiger partial charge in [0.25, 0.3) is 0 Å². The summed E-state index contributed by atoms with van der Waals surface area (Å²) in [6, 6.07) is 6.96. The van der Waals surface area contributed by atoms with Gasteiger partial charge in [0, 0.05) is 12.5 Å². The second-order valence-corrected chi connectivity index (χ2v) is 9.58. The Morgan fingerprint density at radius 3 is 2.22 bits per heavy atom. The van der Waals surface area contributed by atoms with Crippen molar-refractivity contribution in [3.05, 3.63) is 35.4 Å². The normalized spacial score (nSPS) is 17.9. The third-order valence-corrected chi connectivity index (χ3v) is 7.40. The number of piperidine rings is 1. The summed E-state index contributed by atoms with van der Waals surface area (Å²) >= 11 is 0. The molecule has 1 atom stereocenters. The summed E-state index contributed by atoms with van der Waals surface area (Å²) in [6.07, 6.45) is 3.28. The lowest BCUT2D eigenvalue weighted by Gasteiger charge is -2.33. The molecule has 0 radical (unpaired) electrons. The summed E-state index contributed by atoms with van der Waals surface area (Å²) in [7, 11) is 4.71. The van der Waals surface area contributed by atoms with Gasteiger partial charge in [-0.2, -0.15) is 9.28 Å². The van der Waals surface area contributed by atoms with E-state index in [1.54, 1.807) is 33.5 Å². The lowest BCUT2D eigenvalue weighted by molar-refractivity contribution is -0.785. The van der Waals surface area contributed by atoms with Gasteiger partial charge in [0.05, 0.1) is 47.4 Å². The minimum absolute atomic E-state index is 0.166. The number of fused-ring (bicyclic) bond motifs is 3. The van der Waals surface area contributed by atoms with Crippen molar-refractivity contribution in [1.29, 1.82) is 0 Å². The lowest BCUT2D eigenvalue weighted by atomic mass is 9.93. The van der Waals surface area contributed by atoms with E-state index in [-0.39, 0.29) is 22.3 Å². The van der Waals surface area contributed by atoms with E-state index in [9.17, 15) is 14.4 Å². The average molecular weight is 512 g/mol. The summed E-state index contributed by atoms with van der Waals surface area (Å²) in [5.41, 5.74) is 3.45. The molecule has 0 unspecified atom stereocenters. The molecule has 198 valence electrons. The minimum Gasteiger partial charge on any atom is -0.493 e. The molecule has 3 amide bonds. The summed E-state index contributed by atoms with van der Waals surface area (Å²) in [5, 5.41) is 3.04. The molecule has 1 fully saturated rings. The molecule has 0 bridgehead atoms. The van der Waals surface area contributed by atoms with Crippen LogP contribution in [0.5, 0.6) is 23.0 Å². The molecule has 0 aromatic heterocycles. The number of hydrogen-bond donors (Lipinski definition) is 1. The molecule has 1 heterocycles. The maximum absolute atomic E-state index is 13.3. The van der Waals surface area contributed by atoms with Gasteiger partial charge in [-0.25, -0.2) is 4.79 Å². The molecule has 1 N–H and O–H groups in total. The Morgan fingerprint density at radius 1 is 0.919 bits per heavy atom. The van der Waals surface area contributed by atoms with Crippen LogP contribution in [0.3, 0.4) is 0 Å². The van der Waals surface area contributed by atoms with Crippen LogP contribution in [-0.4, -0.2) is 56.8 Å². The van der Waals surface area contributed by atoms with Crippen LogP contribution in [0.4, 0.5) is 4.79 Å². The molecule has 0 spiro atoms. The van der Waals surface area contributed by atoms with Crippen molar-refractivity contribution < 1.29 is 37.8 Å². The first kappa shape index (κ1) is 26.5. The van der Waals surface area contributed by atoms with E-state index in [0.29, 0.717) is 48.9 Å². The van der Waals surface area contributed by atoms with E-state index < -0.39 is 6.09 Å². The second kappa shape index (κ2) is 10.8. The first-order valence-corrected chi connectivity index (χ1v) is 12.6. The topological polar surface area (TPSA) is 100 Å². The van der Waals surface area contributed by atoms with Crippen molar-refractivity contribution in [1.82, 2.24) is 5.32 Å². The van der Waals surface area contributed by atoms with E-state index in [0.717, 1.165) is 41.5 Å². The van der Waals surface area contributed by atoms with E-state index in [2.05, 4.69) is 5.32 Å². The highest BCUT2D eigenvalue weighted by Gasteiger charge is 2.45. The van der Waals surface area contributed by atoms with Gasteiger partial charge in [-0.3, -0.25) is 4.79 Å². The maximum atomic E-state index is 13.3. The Kier molecular flexibility index (Phi) is 7.73. The number of aryl methyl sites for hydroxylation is 1. The van der Waals surface area contributed by atoms with Crippen LogP contribution in [0, 0.1) is 0 Å². The highest BCUT2D eigenvalue weighted by atomic mass is 16.6. The molecule has 2 aliphatic rings. The van der Waals surface area contributed by atoms with Crippen LogP contribution >= 0.6 is 0 Å². The van der Waals surface area contributed by atoms with Crippen LogP contribution in [0.15, 0.2) is 24.3 Å². The Morgan fingerprint density at radius 2 is 1.62 bits per heavy atom. The fourth-order valence-corrected chi connectivity index (χ4v) is 5.54. The number of ether oxygens (including phenoxy) is 4. The molecule has 0 saturated carbocycles. The Bertz CT molecular complexity index is 1220. The van der Waals surface area contributed by atoms with Crippen LogP contribution in [0.2, 0.25) is 0 Å². The Hall–Kier alpha value is -3.59. The van der Waals surface area contributed by atoms with E-state index in [1.807, 2.05) is 12.1 Å². The molecular weight excluding hydrogens is 476 g/mol. The largest absolute Gasteiger partial charge is 0.529 e. The van der Waals surface area contributed by atoms with Crippen LogP contribution in [-0.2, 0) is 16.0 Å². The monoisotopic (exact) mass is 511 g/mol. The number of carbonyl (C=O) groups excluding carboxylic acids is 3. The number of hydrogen-bond acceptors (Lipinski definition) is 7. The number of carbonyl (C=O) groups is 3. The molecular formula is C28H35N2O7+. The molecule has 1 saturated heterocycles. The first-order chi connectivity index (χ1) is 17.7. The molecule has 37 heavy (non-hydrogen) atoms. The quantitative estimate of drug-likeness (QED) is 0.588. The smallest absolute Gasteiger partial charge is 0.493 e. The summed E-state index contributed by atoms with van der Waals surface area (Å²) in [5.74, 6) is 1.51. The maximum Gasteiger partial charge on any atom is 0.529 e. The van der Waals surface area contributed by atoms with Gasteiger partial charge in [0.15, 0.2) is 11.5 Å². The van der Waals surface area contributed by atoms with E-state index >= 15 is 0 Å². The zero-order valence-electron chi connectivity index (χ0n) is 22.1. The number of methoxy groups -OCH3 is 3. The fourth-order valence-electron chi connectivity index (χ4n) is 5.54. The van der Waals surface area contributed by atoms with Gasteiger partial charge in [0.2, 0.25) is 11.7 Å². The van der Waals surface area contributed by atoms with Crippen molar-refractivity contribution >= 4 is 17.9 Å². The van der Waals surface area contributed by atoms with Crippen molar-refractivity contribution in [2.75, 3.05) is 34.4 Å². The van der Waals surface area contributed by atoms with Crippen molar-refractivity contribution in [3.63, 3.8) is 0 Å². The average Bonchev–Trinajstić information content (AvgIpc) is 3.04. The third kappa shape index (κ3) is 4.87. The number of rotatable bonds is 5. The SMILES string of the molecule is COc1cc2c(c(OC)c1OC)-c1ccc(OC(=O)[N+]3(C(C)=O)CCCCC3)cc1[C@@H](NC(C)=O)CC2. The highest BCUT2D eigenvalue weighted by molar-refractivity contribution is 5.85. The second-order valence-electron chi connectivity index (χ2n) is 9.58. The lowest BCUT2D eigenvalue weighted by Crippen LogP contribution is -2.59. The molecule has 2 aromatic rings. The number of nitrogens with zero attached hydrogens (tertiary/aromatic N) is 1. The van der Waals surface area contributed by atoms with Gasteiger partial charge in [-0.1, -0.05) is 6.07 Å². The molecule has 9 nitrogen and oxygen atoms in total. The van der Waals surface area contributed by atoms with Crippen molar-refractivity contribution in [2.45, 2.75) is 52.0 Å². The van der Waals surface area contributed by atoms with Gasteiger partial charge >= 0.3 is 12.0 Å². The zero-order valence-corrected chi connectivity index (χ0v) is 22.1. The number of amides is 3. The highest BCUT2D eigenvalue weighted by Crippen LogP contribution is 2.51. The number of imide groups is 1. The first-order valence-electron chi connectivity index (χ1n) is 12.6. The van der Waals surface area contributed by atoms with E-state index in [4.69, 9.17) is 18.9 Å². The van der Waals surface area contributed by atoms with Crippen LogP contribution in [0.1, 0.15) is 56.7 Å². The number of likely N-dealkylation sites (tertiary alicyclic amines) is 1. The van der Waals surface area contributed by atoms with Gasteiger partial charge in [0.1, 0.15) is 5.75 Å². The summed E-state index contributed by atoms with van der Waals surface area (Å²) in [6.45, 7) is 3.81. The molecule has 1 aliphatic carbocycles. The predicted octanol–water partition coefficient (Wildman–Crippen LogP) is 4.55. The van der Waals surface area contributed by atoms with Gasteiger partial charge in [-0.15, -0.1) is 0 Å². The van der Waals surface area contributed by atoms with E-state index in [1.165, 1.54) is 13.8 Å². The molecule has 9 heteroatoms. The van der Waals surface area contributed by atoms with Gasteiger partial charge in [-0.05, 0) is 67.0 Å². The fraction of sp³-hybridized carbons (Fsp3) is 0.464. The standard InChI is InChI=1S/C28H34N2O7/c1-17(31)29-23-12-9-19-15-24(34-3)26(35-4)27(36-5)25(19)21-11-10-20(16-22(21)23)37-28(33)30(18(2)32)13-7-6-8-14-30/h10-11,15-16,23H,6-9,12-14H2,1-5H3/p+1/t23-/m0/s1. The van der Waals surface area contributed by atoms with Crippen molar-refractivity contribution in [2.24, 2.45) is 0 Å². The molecule has 4 rings (SSSR count).